The van der Waals surface area contributed by atoms with Gasteiger partial charge in [-0.25, -0.2) is 0 Å². The van der Waals surface area contributed by atoms with E-state index in [0.29, 0.717) is 13.2 Å². The lowest BCUT2D eigenvalue weighted by atomic mass is 9.87. The van der Waals surface area contributed by atoms with Crippen molar-refractivity contribution in [2.75, 3.05) is 6.61 Å². The molecule has 1 N–H and O–H groups in total. The molecule has 1 unspecified atom stereocenters. The van der Waals surface area contributed by atoms with Crippen molar-refractivity contribution in [3.63, 3.8) is 0 Å². The van der Waals surface area contributed by atoms with Crippen LogP contribution in [0.25, 0.3) is 0 Å². The maximum absolute atomic E-state index is 9.81. The second kappa shape index (κ2) is 7.00. The summed E-state index contributed by atoms with van der Waals surface area (Å²) in [5.74, 6) is 2.57. The SMILES string of the molecule is C#CC(C)(C)C(O)/C=C/COCc1ccccc1. The number of hydrogen-bond acceptors (Lipinski definition) is 2. The molecule has 0 amide bonds. The van der Waals surface area contributed by atoms with E-state index in [1.165, 1.54) is 0 Å². The first-order valence-corrected chi connectivity index (χ1v) is 6.00. The van der Waals surface area contributed by atoms with Crippen molar-refractivity contribution in [1.29, 1.82) is 0 Å². The highest BCUT2D eigenvalue weighted by atomic mass is 16.5. The van der Waals surface area contributed by atoms with Gasteiger partial charge in [-0.3, -0.25) is 0 Å². The van der Waals surface area contributed by atoms with Crippen LogP contribution in [-0.4, -0.2) is 17.8 Å². The lowest BCUT2D eigenvalue weighted by Crippen LogP contribution is -2.25. The van der Waals surface area contributed by atoms with Crippen LogP contribution in [0.2, 0.25) is 0 Å². The fourth-order valence-corrected chi connectivity index (χ4v) is 1.33. The van der Waals surface area contributed by atoms with Crippen molar-refractivity contribution >= 4 is 0 Å². The molecular weight excluding hydrogens is 224 g/mol. The molecule has 96 valence electrons. The van der Waals surface area contributed by atoms with Gasteiger partial charge in [-0.2, -0.15) is 0 Å². The highest BCUT2D eigenvalue weighted by molar-refractivity contribution is 5.13. The van der Waals surface area contributed by atoms with Crippen LogP contribution in [0, 0.1) is 17.8 Å². The Hall–Kier alpha value is -1.56. The molecule has 2 heteroatoms. The van der Waals surface area contributed by atoms with Gasteiger partial charge in [-0.05, 0) is 19.4 Å². The van der Waals surface area contributed by atoms with Gasteiger partial charge in [0.1, 0.15) is 0 Å². The van der Waals surface area contributed by atoms with E-state index in [2.05, 4.69) is 5.92 Å². The molecule has 1 aromatic carbocycles. The van der Waals surface area contributed by atoms with E-state index in [4.69, 9.17) is 11.2 Å². The molecule has 0 spiro atoms. The van der Waals surface area contributed by atoms with Crippen LogP contribution in [-0.2, 0) is 11.3 Å². The normalized spacial score (nSPS) is 13.4. The maximum atomic E-state index is 9.81. The van der Waals surface area contributed by atoms with Crippen LogP contribution in [0.5, 0.6) is 0 Å². The second-order valence-corrected chi connectivity index (χ2v) is 4.74. The largest absolute Gasteiger partial charge is 0.387 e. The minimum atomic E-state index is -0.650. The van der Waals surface area contributed by atoms with E-state index >= 15 is 0 Å². The van der Waals surface area contributed by atoms with Gasteiger partial charge in [0.25, 0.3) is 0 Å². The quantitative estimate of drug-likeness (QED) is 0.473. The third kappa shape index (κ3) is 4.75. The third-order valence-electron chi connectivity index (χ3n) is 2.76. The Morgan fingerprint density at radius 2 is 2.06 bits per heavy atom. The Morgan fingerprint density at radius 3 is 2.67 bits per heavy atom. The number of benzene rings is 1. The van der Waals surface area contributed by atoms with E-state index in [1.54, 1.807) is 12.2 Å². The Balaban J connectivity index is 2.28. The molecule has 0 aliphatic heterocycles. The standard InChI is InChI=1S/C16H20O2/c1-4-16(2,3)15(17)11-8-12-18-13-14-9-6-5-7-10-14/h1,5-11,15,17H,12-13H2,2-3H3/b11-8+. The lowest BCUT2D eigenvalue weighted by Gasteiger charge is -2.21. The fraction of sp³-hybridized carbons (Fsp3) is 0.375. The number of ether oxygens (including phenoxy) is 1. The zero-order valence-electron chi connectivity index (χ0n) is 11.0. The number of aliphatic hydroxyl groups is 1. The molecular formula is C16H20O2. The molecule has 1 aromatic rings. The first-order chi connectivity index (χ1) is 8.56. The summed E-state index contributed by atoms with van der Waals surface area (Å²) in [7, 11) is 0. The first-order valence-electron chi connectivity index (χ1n) is 6.00. The average Bonchev–Trinajstić information content (AvgIpc) is 2.39. The lowest BCUT2D eigenvalue weighted by molar-refractivity contribution is 0.127. The summed E-state index contributed by atoms with van der Waals surface area (Å²) in [5, 5.41) is 9.81. The summed E-state index contributed by atoms with van der Waals surface area (Å²) in [4.78, 5) is 0. The molecule has 0 radical (unpaired) electrons. The Labute approximate surface area is 109 Å². The van der Waals surface area contributed by atoms with E-state index in [9.17, 15) is 5.11 Å². The molecule has 1 atom stereocenters. The number of rotatable bonds is 6. The van der Waals surface area contributed by atoms with Gasteiger partial charge in [0.2, 0.25) is 0 Å². The third-order valence-corrected chi connectivity index (χ3v) is 2.76. The molecule has 0 heterocycles. The topological polar surface area (TPSA) is 29.5 Å². The van der Waals surface area contributed by atoms with Gasteiger partial charge in [-0.15, -0.1) is 6.42 Å². The second-order valence-electron chi connectivity index (χ2n) is 4.74. The van der Waals surface area contributed by atoms with Crippen molar-refractivity contribution in [3.05, 3.63) is 48.0 Å². The van der Waals surface area contributed by atoms with E-state index in [1.807, 2.05) is 44.2 Å². The van der Waals surface area contributed by atoms with E-state index < -0.39 is 11.5 Å². The molecule has 0 aliphatic carbocycles. The van der Waals surface area contributed by atoms with E-state index in [-0.39, 0.29) is 0 Å². The van der Waals surface area contributed by atoms with Gasteiger partial charge < -0.3 is 9.84 Å². The molecule has 0 saturated heterocycles. The molecule has 1 rings (SSSR count). The number of aliphatic hydroxyl groups excluding tert-OH is 1. The highest BCUT2D eigenvalue weighted by Crippen LogP contribution is 2.19. The molecule has 0 saturated carbocycles. The van der Waals surface area contributed by atoms with Crippen molar-refractivity contribution in [2.24, 2.45) is 5.41 Å². The Bertz CT molecular complexity index is 412. The summed E-state index contributed by atoms with van der Waals surface area (Å²) in [6.07, 6.45) is 8.17. The number of terminal acetylenes is 1. The molecule has 2 nitrogen and oxygen atoms in total. The average molecular weight is 244 g/mol. The van der Waals surface area contributed by atoms with Crippen LogP contribution >= 0.6 is 0 Å². The van der Waals surface area contributed by atoms with Gasteiger partial charge in [0.15, 0.2) is 0 Å². The number of hydrogen-bond donors (Lipinski definition) is 1. The minimum absolute atomic E-state index is 0.465. The Morgan fingerprint density at radius 1 is 1.39 bits per heavy atom. The Kier molecular flexibility index (Phi) is 5.64. The molecule has 0 aromatic heterocycles. The molecule has 0 fully saturated rings. The van der Waals surface area contributed by atoms with Crippen LogP contribution in [0.4, 0.5) is 0 Å². The van der Waals surface area contributed by atoms with Crippen LogP contribution in [0.3, 0.4) is 0 Å². The van der Waals surface area contributed by atoms with Crippen LogP contribution < -0.4 is 0 Å². The first kappa shape index (κ1) is 14.5. The van der Waals surface area contributed by atoms with Crippen molar-refractivity contribution in [3.8, 4) is 12.3 Å². The van der Waals surface area contributed by atoms with Crippen LogP contribution in [0.1, 0.15) is 19.4 Å². The van der Waals surface area contributed by atoms with Crippen molar-refractivity contribution < 1.29 is 9.84 Å². The van der Waals surface area contributed by atoms with Crippen molar-refractivity contribution in [2.45, 2.75) is 26.6 Å². The zero-order valence-corrected chi connectivity index (χ0v) is 11.0. The maximum Gasteiger partial charge on any atom is 0.0881 e. The summed E-state index contributed by atoms with van der Waals surface area (Å²) in [6, 6.07) is 9.96. The molecule has 0 bridgehead atoms. The van der Waals surface area contributed by atoms with Gasteiger partial charge >= 0.3 is 0 Å². The summed E-state index contributed by atoms with van der Waals surface area (Å²) >= 11 is 0. The molecule has 0 aliphatic rings. The predicted octanol–water partition coefficient (Wildman–Crippen LogP) is 2.78. The summed E-state index contributed by atoms with van der Waals surface area (Å²) in [6.45, 7) is 4.69. The van der Waals surface area contributed by atoms with Gasteiger partial charge in [0, 0.05) is 0 Å². The zero-order chi connectivity index (χ0) is 13.4. The summed E-state index contributed by atoms with van der Waals surface area (Å²) < 4.78 is 5.47. The smallest absolute Gasteiger partial charge is 0.0881 e. The van der Waals surface area contributed by atoms with Gasteiger partial charge in [0.05, 0.1) is 24.7 Å². The minimum Gasteiger partial charge on any atom is -0.387 e. The van der Waals surface area contributed by atoms with Crippen LogP contribution in [0.15, 0.2) is 42.5 Å². The van der Waals surface area contributed by atoms with Gasteiger partial charge in [-0.1, -0.05) is 48.4 Å². The van der Waals surface area contributed by atoms with Crippen molar-refractivity contribution in [1.82, 2.24) is 0 Å². The van der Waals surface area contributed by atoms with E-state index in [0.717, 1.165) is 5.56 Å². The fourth-order valence-electron chi connectivity index (χ4n) is 1.33. The highest BCUT2D eigenvalue weighted by Gasteiger charge is 2.22. The molecule has 18 heavy (non-hydrogen) atoms. The monoisotopic (exact) mass is 244 g/mol. The summed E-state index contributed by atoms with van der Waals surface area (Å²) in [5.41, 5.74) is 0.589. The predicted molar refractivity (Wildman–Crippen MR) is 73.9 cm³/mol.